The van der Waals surface area contributed by atoms with E-state index in [0.717, 1.165) is 17.0 Å². The number of aromatic nitrogens is 2. The molecule has 0 radical (unpaired) electrons. The molecule has 0 aliphatic carbocycles. The predicted octanol–water partition coefficient (Wildman–Crippen LogP) is 2.70. The first-order chi connectivity index (χ1) is 7.20. The molecule has 0 fully saturated rings. The molecule has 3 nitrogen and oxygen atoms in total. The Kier molecular flexibility index (Phi) is 2.46. The van der Waals surface area contributed by atoms with Crippen molar-refractivity contribution in [2.75, 3.05) is 7.11 Å². The molecular weight excluding hydrogens is 188 g/mol. The van der Waals surface area contributed by atoms with Crippen LogP contribution >= 0.6 is 0 Å². The van der Waals surface area contributed by atoms with Gasteiger partial charge in [-0.15, -0.1) is 0 Å². The molecule has 0 spiro atoms. The highest BCUT2D eigenvalue weighted by molar-refractivity contribution is 5.63. The van der Waals surface area contributed by atoms with E-state index in [4.69, 9.17) is 4.74 Å². The van der Waals surface area contributed by atoms with Crippen molar-refractivity contribution in [1.82, 2.24) is 9.97 Å². The summed E-state index contributed by atoms with van der Waals surface area (Å²) in [5, 5.41) is 0. The highest BCUT2D eigenvalue weighted by atomic mass is 16.5. The summed E-state index contributed by atoms with van der Waals surface area (Å²) >= 11 is 0. The van der Waals surface area contributed by atoms with Gasteiger partial charge in [-0.25, -0.2) is 0 Å². The molecular formula is C12H14N2O. The van der Waals surface area contributed by atoms with Crippen molar-refractivity contribution in [2.45, 2.75) is 13.8 Å². The van der Waals surface area contributed by atoms with Gasteiger partial charge in [0.15, 0.2) is 0 Å². The van der Waals surface area contributed by atoms with Crippen LogP contribution in [-0.4, -0.2) is 17.1 Å². The van der Waals surface area contributed by atoms with E-state index < -0.39 is 0 Å². The van der Waals surface area contributed by atoms with Gasteiger partial charge in [0.25, 0.3) is 6.01 Å². The van der Waals surface area contributed by atoms with E-state index in [0.29, 0.717) is 6.01 Å². The maximum Gasteiger partial charge on any atom is 0.294 e. The molecule has 15 heavy (non-hydrogen) atoms. The molecule has 0 amide bonds. The maximum atomic E-state index is 5.06. The van der Waals surface area contributed by atoms with Gasteiger partial charge in [0, 0.05) is 11.3 Å². The van der Waals surface area contributed by atoms with Crippen molar-refractivity contribution < 1.29 is 4.74 Å². The number of benzene rings is 1. The van der Waals surface area contributed by atoms with Gasteiger partial charge < -0.3 is 9.72 Å². The molecule has 0 aliphatic heterocycles. The first kappa shape index (κ1) is 9.77. The van der Waals surface area contributed by atoms with Crippen LogP contribution in [0.5, 0.6) is 6.01 Å². The molecule has 0 saturated heterocycles. The number of aryl methyl sites for hydroxylation is 2. The van der Waals surface area contributed by atoms with Crippen LogP contribution in [0, 0.1) is 13.8 Å². The lowest BCUT2D eigenvalue weighted by Gasteiger charge is -1.99. The van der Waals surface area contributed by atoms with Crippen molar-refractivity contribution in [2.24, 2.45) is 0 Å². The Hall–Kier alpha value is -1.77. The fraction of sp³-hybridized carbons (Fsp3) is 0.250. The van der Waals surface area contributed by atoms with Crippen LogP contribution in [0.15, 0.2) is 24.3 Å². The van der Waals surface area contributed by atoms with Gasteiger partial charge in [0.2, 0.25) is 0 Å². The average molecular weight is 202 g/mol. The highest BCUT2D eigenvalue weighted by Gasteiger charge is 2.08. The van der Waals surface area contributed by atoms with Gasteiger partial charge in [-0.05, 0) is 19.9 Å². The second kappa shape index (κ2) is 3.77. The van der Waals surface area contributed by atoms with E-state index in [1.54, 1.807) is 7.11 Å². The third-order valence-electron chi connectivity index (χ3n) is 2.35. The quantitative estimate of drug-likeness (QED) is 0.813. The molecule has 3 heteroatoms. The minimum Gasteiger partial charge on any atom is -0.468 e. The summed E-state index contributed by atoms with van der Waals surface area (Å²) in [4.78, 5) is 7.44. The minimum absolute atomic E-state index is 0.559. The standard InChI is InChI=1S/C12H14N2O/c1-8-5-4-6-10(7-8)11-9(2)13-12(14-11)15-3/h4-7H,1-3H3,(H,13,14). The van der Waals surface area contributed by atoms with E-state index in [1.165, 1.54) is 5.56 Å². The monoisotopic (exact) mass is 202 g/mol. The molecule has 2 aromatic rings. The predicted molar refractivity (Wildman–Crippen MR) is 60.0 cm³/mol. The summed E-state index contributed by atoms with van der Waals surface area (Å²) in [7, 11) is 1.61. The van der Waals surface area contributed by atoms with Crippen LogP contribution < -0.4 is 4.74 Å². The molecule has 0 bridgehead atoms. The van der Waals surface area contributed by atoms with E-state index in [9.17, 15) is 0 Å². The van der Waals surface area contributed by atoms with E-state index in [-0.39, 0.29) is 0 Å². The lowest BCUT2D eigenvalue weighted by molar-refractivity contribution is 0.384. The Morgan fingerprint density at radius 2 is 2.07 bits per heavy atom. The number of rotatable bonds is 2. The zero-order chi connectivity index (χ0) is 10.8. The molecule has 1 heterocycles. The largest absolute Gasteiger partial charge is 0.468 e. The second-order valence-electron chi connectivity index (χ2n) is 3.59. The molecule has 2 rings (SSSR count). The van der Waals surface area contributed by atoms with E-state index in [2.05, 4.69) is 35.1 Å². The van der Waals surface area contributed by atoms with Crippen molar-refractivity contribution in [3.05, 3.63) is 35.5 Å². The molecule has 0 aliphatic rings. The number of hydrogen-bond acceptors (Lipinski definition) is 2. The van der Waals surface area contributed by atoms with Gasteiger partial charge in [0.1, 0.15) is 0 Å². The topological polar surface area (TPSA) is 37.9 Å². The summed E-state index contributed by atoms with van der Waals surface area (Å²) < 4.78 is 5.06. The summed E-state index contributed by atoms with van der Waals surface area (Å²) in [5.41, 5.74) is 4.33. The number of nitrogens with zero attached hydrogens (tertiary/aromatic N) is 1. The molecule has 0 atom stereocenters. The Bertz CT molecular complexity index is 474. The summed E-state index contributed by atoms with van der Waals surface area (Å²) in [6.07, 6.45) is 0. The molecule has 0 saturated carbocycles. The Morgan fingerprint density at radius 1 is 1.27 bits per heavy atom. The maximum absolute atomic E-state index is 5.06. The Morgan fingerprint density at radius 3 is 2.67 bits per heavy atom. The van der Waals surface area contributed by atoms with Crippen molar-refractivity contribution in [1.29, 1.82) is 0 Å². The SMILES string of the molecule is COc1nc(-c2cccc(C)c2)c(C)[nH]1. The molecule has 0 unspecified atom stereocenters. The number of ether oxygens (including phenoxy) is 1. The molecule has 78 valence electrons. The van der Waals surface area contributed by atoms with Crippen LogP contribution in [0.25, 0.3) is 11.3 Å². The lowest BCUT2D eigenvalue weighted by Crippen LogP contribution is -1.84. The summed E-state index contributed by atoms with van der Waals surface area (Å²) in [6, 6.07) is 8.83. The van der Waals surface area contributed by atoms with Crippen LogP contribution in [-0.2, 0) is 0 Å². The number of imidazole rings is 1. The number of H-pyrrole nitrogens is 1. The molecule has 1 aromatic carbocycles. The molecule has 1 aromatic heterocycles. The fourth-order valence-electron chi connectivity index (χ4n) is 1.60. The third kappa shape index (κ3) is 1.86. The second-order valence-corrected chi connectivity index (χ2v) is 3.59. The normalized spacial score (nSPS) is 10.3. The zero-order valence-electron chi connectivity index (χ0n) is 9.16. The van der Waals surface area contributed by atoms with Crippen LogP contribution in [0.3, 0.4) is 0 Å². The summed E-state index contributed by atoms with van der Waals surface area (Å²) in [6.45, 7) is 4.07. The lowest BCUT2D eigenvalue weighted by atomic mass is 10.1. The number of methoxy groups -OCH3 is 1. The number of aromatic amines is 1. The van der Waals surface area contributed by atoms with Gasteiger partial charge in [-0.2, -0.15) is 4.98 Å². The van der Waals surface area contributed by atoms with Crippen molar-refractivity contribution in [3.63, 3.8) is 0 Å². The van der Waals surface area contributed by atoms with Crippen LogP contribution in [0.4, 0.5) is 0 Å². The third-order valence-corrected chi connectivity index (χ3v) is 2.35. The van der Waals surface area contributed by atoms with Gasteiger partial charge >= 0.3 is 0 Å². The van der Waals surface area contributed by atoms with E-state index >= 15 is 0 Å². The number of nitrogens with one attached hydrogen (secondary N) is 1. The number of hydrogen-bond donors (Lipinski definition) is 1. The molecule has 1 N–H and O–H groups in total. The highest BCUT2D eigenvalue weighted by Crippen LogP contribution is 2.23. The van der Waals surface area contributed by atoms with Crippen molar-refractivity contribution >= 4 is 0 Å². The van der Waals surface area contributed by atoms with Crippen LogP contribution in [0.2, 0.25) is 0 Å². The minimum atomic E-state index is 0.559. The smallest absolute Gasteiger partial charge is 0.294 e. The zero-order valence-corrected chi connectivity index (χ0v) is 9.16. The fourth-order valence-corrected chi connectivity index (χ4v) is 1.60. The van der Waals surface area contributed by atoms with Gasteiger partial charge in [-0.3, -0.25) is 0 Å². The Labute approximate surface area is 89.1 Å². The summed E-state index contributed by atoms with van der Waals surface area (Å²) in [5.74, 6) is 0. The first-order valence-corrected chi connectivity index (χ1v) is 4.88. The van der Waals surface area contributed by atoms with Crippen LogP contribution in [0.1, 0.15) is 11.3 Å². The first-order valence-electron chi connectivity index (χ1n) is 4.88. The van der Waals surface area contributed by atoms with Crippen molar-refractivity contribution in [3.8, 4) is 17.3 Å². The average Bonchev–Trinajstić information content (AvgIpc) is 2.60. The van der Waals surface area contributed by atoms with E-state index in [1.807, 2.05) is 13.0 Å². The van der Waals surface area contributed by atoms with Gasteiger partial charge in [0.05, 0.1) is 12.8 Å². The van der Waals surface area contributed by atoms with Gasteiger partial charge in [-0.1, -0.05) is 23.8 Å². The Balaban J connectivity index is 2.48.